The largest absolute Gasteiger partial charge is 0.434 e. The third-order valence-electron chi connectivity index (χ3n) is 3.21. The van der Waals surface area contributed by atoms with Crippen molar-refractivity contribution in [1.29, 1.82) is 0 Å². The molecular weight excluding hydrogens is 325 g/mol. The van der Waals surface area contributed by atoms with Gasteiger partial charge in [-0.2, -0.15) is 8.78 Å². The maximum atomic E-state index is 12.4. The Bertz CT molecular complexity index is 495. The van der Waals surface area contributed by atoms with E-state index in [0.29, 0.717) is 31.0 Å². The molecule has 1 aliphatic heterocycles. The number of halogens is 4. The molecule has 1 aromatic carbocycles. The molecule has 1 aromatic rings. The molecule has 0 saturated carbocycles. The number of benzene rings is 1. The Kier molecular flexibility index (Phi) is 6.64. The number of rotatable bonds is 3. The molecule has 0 radical (unpaired) electrons. The highest BCUT2D eigenvalue weighted by Gasteiger charge is 2.25. The SMILES string of the molecule is Cl.NC1CCN(C(=O)c2cc(Cl)ccc2OC(F)F)CC1. The number of carbonyl (C=O) groups excluding carboxylic acids is 1. The summed E-state index contributed by atoms with van der Waals surface area (Å²) in [6, 6.07) is 4.10. The van der Waals surface area contributed by atoms with Crippen molar-refractivity contribution in [3.05, 3.63) is 28.8 Å². The van der Waals surface area contributed by atoms with Crippen LogP contribution in [0.3, 0.4) is 0 Å². The van der Waals surface area contributed by atoms with E-state index in [9.17, 15) is 13.6 Å². The van der Waals surface area contributed by atoms with E-state index in [1.807, 2.05) is 0 Å². The fourth-order valence-corrected chi connectivity index (χ4v) is 2.31. The van der Waals surface area contributed by atoms with Crippen molar-refractivity contribution in [2.75, 3.05) is 13.1 Å². The number of alkyl halides is 2. The van der Waals surface area contributed by atoms with Crippen LogP contribution in [0.25, 0.3) is 0 Å². The van der Waals surface area contributed by atoms with Gasteiger partial charge in [-0.1, -0.05) is 11.6 Å². The number of hydrogen-bond donors (Lipinski definition) is 1. The fourth-order valence-electron chi connectivity index (χ4n) is 2.14. The summed E-state index contributed by atoms with van der Waals surface area (Å²) in [5.74, 6) is -0.528. The average molecular weight is 341 g/mol. The molecule has 21 heavy (non-hydrogen) atoms. The lowest BCUT2D eigenvalue weighted by Gasteiger charge is -2.30. The standard InChI is InChI=1S/C13H15ClF2N2O2.ClH/c14-8-1-2-11(20-13(15)16)10(7-8)12(19)18-5-3-9(17)4-6-18;/h1-2,7,9,13H,3-6,17H2;1H. The monoisotopic (exact) mass is 340 g/mol. The highest BCUT2D eigenvalue weighted by Crippen LogP contribution is 2.26. The van der Waals surface area contributed by atoms with Gasteiger partial charge in [0.05, 0.1) is 5.56 Å². The Morgan fingerprint density at radius 3 is 2.57 bits per heavy atom. The highest BCUT2D eigenvalue weighted by molar-refractivity contribution is 6.31. The van der Waals surface area contributed by atoms with Crippen molar-refractivity contribution in [1.82, 2.24) is 4.90 Å². The van der Waals surface area contributed by atoms with Gasteiger partial charge in [0.25, 0.3) is 5.91 Å². The summed E-state index contributed by atoms with van der Waals surface area (Å²) in [5, 5.41) is 0.295. The molecule has 8 heteroatoms. The fraction of sp³-hybridized carbons (Fsp3) is 0.462. The minimum absolute atomic E-state index is 0. The average Bonchev–Trinajstić information content (AvgIpc) is 2.40. The van der Waals surface area contributed by atoms with E-state index in [2.05, 4.69) is 4.74 Å². The summed E-state index contributed by atoms with van der Waals surface area (Å²) >= 11 is 5.83. The summed E-state index contributed by atoms with van der Waals surface area (Å²) in [6.07, 6.45) is 1.38. The van der Waals surface area contributed by atoms with Gasteiger partial charge in [-0.15, -0.1) is 12.4 Å². The Morgan fingerprint density at radius 1 is 1.38 bits per heavy atom. The van der Waals surface area contributed by atoms with E-state index in [1.165, 1.54) is 18.2 Å². The molecule has 1 fully saturated rings. The smallest absolute Gasteiger partial charge is 0.387 e. The number of piperidine rings is 1. The third kappa shape index (κ3) is 4.69. The van der Waals surface area contributed by atoms with E-state index in [-0.39, 0.29) is 35.7 Å². The van der Waals surface area contributed by atoms with Crippen LogP contribution >= 0.6 is 24.0 Å². The molecule has 0 atom stereocenters. The number of amides is 1. The summed E-state index contributed by atoms with van der Waals surface area (Å²) in [4.78, 5) is 13.9. The van der Waals surface area contributed by atoms with Crippen LogP contribution in [0.1, 0.15) is 23.2 Å². The maximum absolute atomic E-state index is 12.4. The van der Waals surface area contributed by atoms with Crippen LogP contribution in [0.5, 0.6) is 5.75 Å². The summed E-state index contributed by atoms with van der Waals surface area (Å²) < 4.78 is 29.1. The molecule has 1 aliphatic rings. The first kappa shape index (κ1) is 17.9. The summed E-state index contributed by atoms with van der Waals surface area (Å²) in [7, 11) is 0. The van der Waals surface area contributed by atoms with Crippen LogP contribution in [-0.4, -0.2) is 36.5 Å². The number of nitrogens with two attached hydrogens (primary N) is 1. The normalized spacial score (nSPS) is 15.8. The molecule has 2 N–H and O–H groups in total. The number of ether oxygens (including phenoxy) is 1. The molecule has 4 nitrogen and oxygen atoms in total. The van der Waals surface area contributed by atoms with Gasteiger partial charge in [-0.25, -0.2) is 0 Å². The summed E-state index contributed by atoms with van der Waals surface area (Å²) in [5.41, 5.74) is 5.82. The second-order valence-corrected chi connectivity index (χ2v) is 5.09. The molecule has 0 spiro atoms. The van der Waals surface area contributed by atoms with Gasteiger partial charge in [-0.05, 0) is 31.0 Å². The Labute approximate surface area is 132 Å². The Balaban J connectivity index is 0.00000220. The molecule has 0 bridgehead atoms. The van der Waals surface area contributed by atoms with Gasteiger partial charge in [0, 0.05) is 24.2 Å². The van der Waals surface area contributed by atoms with Crippen LogP contribution in [0.15, 0.2) is 18.2 Å². The molecule has 1 amide bonds. The second kappa shape index (κ2) is 7.77. The van der Waals surface area contributed by atoms with E-state index in [4.69, 9.17) is 17.3 Å². The van der Waals surface area contributed by atoms with E-state index < -0.39 is 6.61 Å². The van der Waals surface area contributed by atoms with E-state index in [0.717, 1.165) is 0 Å². The van der Waals surface area contributed by atoms with Gasteiger partial charge >= 0.3 is 6.61 Å². The van der Waals surface area contributed by atoms with Crippen LogP contribution in [0.4, 0.5) is 8.78 Å². The van der Waals surface area contributed by atoms with Crippen LogP contribution in [-0.2, 0) is 0 Å². The topological polar surface area (TPSA) is 55.6 Å². The molecule has 0 unspecified atom stereocenters. The van der Waals surface area contributed by atoms with Gasteiger partial charge in [0.1, 0.15) is 5.75 Å². The van der Waals surface area contributed by atoms with Crippen molar-refractivity contribution in [3.63, 3.8) is 0 Å². The van der Waals surface area contributed by atoms with Crippen molar-refractivity contribution < 1.29 is 18.3 Å². The number of hydrogen-bond acceptors (Lipinski definition) is 3. The lowest BCUT2D eigenvalue weighted by Crippen LogP contribution is -2.43. The predicted molar refractivity (Wildman–Crippen MR) is 78.4 cm³/mol. The quantitative estimate of drug-likeness (QED) is 0.920. The first-order valence-electron chi connectivity index (χ1n) is 6.26. The Morgan fingerprint density at radius 2 is 2.00 bits per heavy atom. The zero-order valence-corrected chi connectivity index (χ0v) is 12.7. The molecule has 1 heterocycles. The lowest BCUT2D eigenvalue weighted by atomic mass is 10.0. The lowest BCUT2D eigenvalue weighted by molar-refractivity contribution is -0.0503. The first-order chi connectivity index (χ1) is 9.47. The second-order valence-electron chi connectivity index (χ2n) is 4.65. The molecule has 0 aliphatic carbocycles. The van der Waals surface area contributed by atoms with Gasteiger partial charge < -0.3 is 15.4 Å². The van der Waals surface area contributed by atoms with Crippen molar-refractivity contribution in [2.24, 2.45) is 5.73 Å². The van der Waals surface area contributed by atoms with E-state index in [1.54, 1.807) is 4.90 Å². The highest BCUT2D eigenvalue weighted by atomic mass is 35.5. The van der Waals surface area contributed by atoms with Crippen LogP contribution < -0.4 is 10.5 Å². The third-order valence-corrected chi connectivity index (χ3v) is 3.45. The molecule has 1 saturated heterocycles. The molecular formula is C13H16Cl2F2N2O2. The maximum Gasteiger partial charge on any atom is 0.387 e. The van der Waals surface area contributed by atoms with Crippen molar-refractivity contribution in [3.8, 4) is 5.75 Å². The molecule has 118 valence electrons. The predicted octanol–water partition coefficient (Wildman–Crippen LogP) is 2.93. The summed E-state index contributed by atoms with van der Waals surface area (Å²) in [6.45, 7) is -1.99. The molecule has 2 rings (SSSR count). The molecule has 0 aromatic heterocycles. The Hall–Kier alpha value is -1.11. The minimum atomic E-state index is -2.99. The van der Waals surface area contributed by atoms with Crippen LogP contribution in [0.2, 0.25) is 5.02 Å². The van der Waals surface area contributed by atoms with Crippen molar-refractivity contribution in [2.45, 2.75) is 25.5 Å². The minimum Gasteiger partial charge on any atom is -0.434 e. The van der Waals surface area contributed by atoms with Crippen molar-refractivity contribution >= 4 is 29.9 Å². The van der Waals surface area contributed by atoms with Gasteiger partial charge in [0.2, 0.25) is 0 Å². The van der Waals surface area contributed by atoms with Crippen LogP contribution in [0, 0.1) is 0 Å². The van der Waals surface area contributed by atoms with E-state index >= 15 is 0 Å². The zero-order valence-electron chi connectivity index (χ0n) is 11.1. The number of carbonyl (C=O) groups is 1. The number of likely N-dealkylation sites (tertiary alicyclic amines) is 1. The first-order valence-corrected chi connectivity index (χ1v) is 6.64. The van der Waals surface area contributed by atoms with Gasteiger partial charge in [-0.3, -0.25) is 4.79 Å². The van der Waals surface area contributed by atoms with Gasteiger partial charge in [0.15, 0.2) is 0 Å². The zero-order chi connectivity index (χ0) is 14.7. The number of nitrogens with zero attached hydrogens (tertiary/aromatic N) is 1.